The first kappa shape index (κ1) is 21.2. The molecule has 2 aliphatic rings. The second kappa shape index (κ2) is 8.98. The maximum Gasteiger partial charge on any atom is 0.242 e. The highest BCUT2D eigenvalue weighted by atomic mass is 32.1. The van der Waals surface area contributed by atoms with Crippen molar-refractivity contribution >= 4 is 28.2 Å². The number of nitrogens with one attached hydrogen (secondary N) is 2. The summed E-state index contributed by atoms with van der Waals surface area (Å²) >= 11 is 1.68. The monoisotopic (exact) mass is 428 g/mol. The van der Waals surface area contributed by atoms with E-state index in [-0.39, 0.29) is 17.4 Å². The van der Waals surface area contributed by atoms with Gasteiger partial charge in [-0.15, -0.1) is 11.3 Å². The average molecular weight is 429 g/mol. The molecule has 0 aliphatic carbocycles. The van der Waals surface area contributed by atoms with Crippen LogP contribution in [0.5, 0.6) is 0 Å². The zero-order valence-corrected chi connectivity index (χ0v) is 19.0. The zero-order chi connectivity index (χ0) is 21.1. The molecule has 0 radical (unpaired) electrons. The fourth-order valence-corrected chi connectivity index (χ4v) is 5.36. The molecule has 1 amide bonds. The summed E-state index contributed by atoms with van der Waals surface area (Å²) in [6, 6.07) is 1.97. The number of amides is 1. The number of hydrogen-bond acceptors (Lipinski definition) is 7. The second-order valence-electron chi connectivity index (χ2n) is 8.69. The number of thiazole rings is 1. The van der Waals surface area contributed by atoms with Gasteiger partial charge in [0.2, 0.25) is 5.91 Å². The van der Waals surface area contributed by atoms with Crippen LogP contribution in [0.3, 0.4) is 0 Å². The summed E-state index contributed by atoms with van der Waals surface area (Å²) in [5, 5.41) is 7.62. The number of anilines is 2. The Kier molecular flexibility index (Phi) is 6.34. The molecule has 2 aliphatic heterocycles. The van der Waals surface area contributed by atoms with Gasteiger partial charge in [0.15, 0.2) is 5.13 Å². The van der Waals surface area contributed by atoms with Crippen molar-refractivity contribution in [2.24, 2.45) is 0 Å². The molecule has 2 aromatic heterocycles. The van der Waals surface area contributed by atoms with E-state index in [9.17, 15) is 4.79 Å². The molecular weight excluding hydrogens is 396 g/mol. The van der Waals surface area contributed by atoms with Crippen molar-refractivity contribution in [1.82, 2.24) is 25.2 Å². The van der Waals surface area contributed by atoms with Gasteiger partial charge in [0.1, 0.15) is 11.6 Å². The number of nitrogens with zero attached hydrogens (tertiary/aromatic N) is 4. The third-order valence-electron chi connectivity index (χ3n) is 6.14. The van der Waals surface area contributed by atoms with Gasteiger partial charge >= 0.3 is 0 Å². The smallest absolute Gasteiger partial charge is 0.242 e. The fraction of sp³-hybridized carbons (Fsp3) is 0.636. The van der Waals surface area contributed by atoms with Crippen LogP contribution >= 0.6 is 11.3 Å². The minimum absolute atomic E-state index is 0.248. The van der Waals surface area contributed by atoms with E-state index in [0.29, 0.717) is 0 Å². The van der Waals surface area contributed by atoms with Crippen LogP contribution in [0.2, 0.25) is 0 Å². The van der Waals surface area contributed by atoms with Crippen LogP contribution in [0, 0.1) is 6.92 Å². The summed E-state index contributed by atoms with van der Waals surface area (Å²) in [5.74, 6) is 2.21. The van der Waals surface area contributed by atoms with Gasteiger partial charge in [-0.25, -0.2) is 15.0 Å². The Balaban J connectivity index is 1.40. The molecule has 8 heteroatoms. The van der Waals surface area contributed by atoms with E-state index < -0.39 is 0 Å². The van der Waals surface area contributed by atoms with Crippen LogP contribution in [-0.2, 0) is 11.2 Å². The summed E-state index contributed by atoms with van der Waals surface area (Å²) in [6.07, 6.45) is 7.93. The molecule has 0 bridgehead atoms. The highest BCUT2D eigenvalue weighted by molar-refractivity contribution is 7.15. The Morgan fingerprint density at radius 3 is 2.87 bits per heavy atom. The molecule has 0 aromatic carbocycles. The topological polar surface area (TPSA) is 83.0 Å². The van der Waals surface area contributed by atoms with Gasteiger partial charge in [0.05, 0.1) is 5.54 Å². The van der Waals surface area contributed by atoms with E-state index in [1.165, 1.54) is 4.88 Å². The predicted molar refractivity (Wildman–Crippen MR) is 120 cm³/mol. The summed E-state index contributed by atoms with van der Waals surface area (Å²) < 4.78 is 0. The van der Waals surface area contributed by atoms with Crippen LogP contribution in [0.15, 0.2) is 12.3 Å². The first-order chi connectivity index (χ1) is 14.5. The molecule has 0 unspecified atom stereocenters. The lowest BCUT2D eigenvalue weighted by atomic mass is 9.92. The fourth-order valence-electron chi connectivity index (χ4n) is 4.44. The van der Waals surface area contributed by atoms with Crippen molar-refractivity contribution in [3.63, 3.8) is 0 Å². The minimum Gasteiger partial charge on any atom is -0.341 e. The minimum atomic E-state index is -0.381. The van der Waals surface area contributed by atoms with Crippen molar-refractivity contribution in [3.05, 3.63) is 28.7 Å². The first-order valence-electron chi connectivity index (χ1n) is 11.1. The largest absolute Gasteiger partial charge is 0.341 e. The molecule has 2 N–H and O–H groups in total. The van der Waals surface area contributed by atoms with Crippen molar-refractivity contribution in [1.29, 1.82) is 0 Å². The van der Waals surface area contributed by atoms with E-state index in [1.54, 1.807) is 11.3 Å². The normalized spacial score (nSPS) is 22.4. The lowest BCUT2D eigenvalue weighted by Gasteiger charge is -2.36. The number of piperidine rings is 1. The number of likely N-dealkylation sites (tertiary alicyclic amines) is 1. The quantitative estimate of drug-likeness (QED) is 0.728. The molecule has 1 atom stereocenters. The van der Waals surface area contributed by atoms with Crippen LogP contribution in [-0.4, -0.2) is 50.9 Å². The van der Waals surface area contributed by atoms with Crippen molar-refractivity contribution in [2.75, 3.05) is 25.0 Å². The lowest BCUT2D eigenvalue weighted by molar-refractivity contribution is -0.138. The van der Waals surface area contributed by atoms with E-state index >= 15 is 0 Å². The Bertz CT molecular complexity index is 884. The zero-order valence-electron chi connectivity index (χ0n) is 18.2. The second-order valence-corrected chi connectivity index (χ2v) is 9.80. The molecule has 0 saturated carbocycles. The van der Waals surface area contributed by atoms with Crippen LogP contribution in [0.1, 0.15) is 68.3 Å². The molecule has 4 rings (SSSR count). The molecule has 162 valence electrons. The number of hydrogen-bond donors (Lipinski definition) is 2. The average Bonchev–Trinajstić information content (AvgIpc) is 3.37. The molecule has 7 nitrogen and oxygen atoms in total. The Morgan fingerprint density at radius 2 is 2.17 bits per heavy atom. The molecule has 0 spiro atoms. The molecule has 2 aromatic rings. The standard InChI is InChI=1S/C22H32N6OS/c1-4-6-17-14-23-21(30-17)27-18-13-15(2)25-19(26-18)16-7-11-28(12-8-16)20(29)22(3)9-5-10-24-22/h13-14,16,24H,4-12H2,1-3H3,(H,23,25,26,27)/t22-/m1/s1. The van der Waals surface area contributed by atoms with Gasteiger partial charge in [-0.1, -0.05) is 13.3 Å². The maximum atomic E-state index is 12.9. The number of aryl methyl sites for hydroxylation is 2. The van der Waals surface area contributed by atoms with E-state index in [2.05, 4.69) is 22.5 Å². The lowest BCUT2D eigenvalue weighted by Crippen LogP contribution is -2.54. The van der Waals surface area contributed by atoms with E-state index in [0.717, 1.165) is 80.6 Å². The van der Waals surface area contributed by atoms with Gasteiger partial charge in [-0.05, 0) is 52.5 Å². The molecule has 2 fully saturated rings. The molecule has 4 heterocycles. The highest BCUT2D eigenvalue weighted by Gasteiger charge is 2.40. The summed E-state index contributed by atoms with van der Waals surface area (Å²) in [6.45, 7) is 8.70. The summed E-state index contributed by atoms with van der Waals surface area (Å²) in [7, 11) is 0. The number of aromatic nitrogens is 3. The van der Waals surface area contributed by atoms with E-state index in [4.69, 9.17) is 9.97 Å². The Hall–Kier alpha value is -2.06. The Morgan fingerprint density at radius 1 is 1.37 bits per heavy atom. The number of rotatable bonds is 6. The van der Waals surface area contributed by atoms with Gasteiger partial charge in [-0.3, -0.25) is 4.79 Å². The first-order valence-corrected chi connectivity index (χ1v) is 11.9. The molecular formula is C22H32N6OS. The predicted octanol–water partition coefficient (Wildman–Crippen LogP) is 3.79. The van der Waals surface area contributed by atoms with Crippen molar-refractivity contribution < 1.29 is 4.79 Å². The van der Waals surface area contributed by atoms with Gasteiger partial charge in [0, 0.05) is 41.8 Å². The van der Waals surface area contributed by atoms with Crippen molar-refractivity contribution in [3.8, 4) is 0 Å². The van der Waals surface area contributed by atoms with Gasteiger partial charge in [0.25, 0.3) is 0 Å². The van der Waals surface area contributed by atoms with Gasteiger partial charge in [-0.2, -0.15) is 0 Å². The van der Waals surface area contributed by atoms with Crippen LogP contribution in [0.4, 0.5) is 10.9 Å². The summed E-state index contributed by atoms with van der Waals surface area (Å²) in [5.41, 5.74) is 0.572. The molecule has 30 heavy (non-hydrogen) atoms. The number of carbonyl (C=O) groups is 1. The Labute approximate surface area is 182 Å². The van der Waals surface area contributed by atoms with Crippen LogP contribution in [0.25, 0.3) is 0 Å². The van der Waals surface area contributed by atoms with Crippen LogP contribution < -0.4 is 10.6 Å². The van der Waals surface area contributed by atoms with Crippen molar-refractivity contribution in [2.45, 2.75) is 70.8 Å². The van der Waals surface area contributed by atoms with Gasteiger partial charge < -0.3 is 15.5 Å². The number of carbonyl (C=O) groups excluding carboxylic acids is 1. The molecule has 2 saturated heterocycles. The summed E-state index contributed by atoms with van der Waals surface area (Å²) in [4.78, 5) is 30.2. The third kappa shape index (κ3) is 4.64. The highest BCUT2D eigenvalue weighted by Crippen LogP contribution is 2.30. The SMILES string of the molecule is CCCc1cnc(Nc2cc(C)nc(C3CCN(C(=O)[C@@]4(C)CCCN4)CC3)n2)s1. The maximum absolute atomic E-state index is 12.9. The van der Waals surface area contributed by atoms with E-state index in [1.807, 2.05) is 31.0 Å². The third-order valence-corrected chi connectivity index (χ3v) is 7.12.